The number of rotatable bonds is 4. The predicted molar refractivity (Wildman–Crippen MR) is 130 cm³/mol. The van der Waals surface area contributed by atoms with Gasteiger partial charge in [0.05, 0.1) is 16.3 Å². The lowest BCUT2D eigenvalue weighted by molar-refractivity contribution is 0.133. The van der Waals surface area contributed by atoms with Crippen LogP contribution >= 0.6 is 0 Å². The summed E-state index contributed by atoms with van der Waals surface area (Å²) in [5.74, 6) is 0. The summed E-state index contributed by atoms with van der Waals surface area (Å²) in [4.78, 5) is 24.6. The number of pyridine rings is 1. The molecule has 2 aliphatic rings. The van der Waals surface area contributed by atoms with E-state index >= 15 is 0 Å². The second-order valence-corrected chi connectivity index (χ2v) is 12.1. The Morgan fingerprint density at radius 2 is 1.88 bits per heavy atom. The van der Waals surface area contributed by atoms with Crippen LogP contribution in [0.25, 0.3) is 0 Å². The van der Waals surface area contributed by atoms with E-state index in [0.717, 1.165) is 35.5 Å². The third-order valence-corrected chi connectivity index (χ3v) is 7.96. The first-order chi connectivity index (χ1) is 15.5. The third kappa shape index (κ3) is 4.92. The van der Waals surface area contributed by atoms with Crippen molar-refractivity contribution in [2.75, 3.05) is 37.8 Å². The van der Waals surface area contributed by atoms with Crippen LogP contribution in [0, 0.1) is 6.92 Å². The summed E-state index contributed by atoms with van der Waals surface area (Å²) in [5.41, 5.74) is 3.73. The van der Waals surface area contributed by atoms with E-state index in [0.29, 0.717) is 37.1 Å². The summed E-state index contributed by atoms with van der Waals surface area (Å²) in [6.45, 7) is 9.02. The maximum absolute atomic E-state index is 13.4. The number of amides is 2. The number of hydrogen-bond donors (Lipinski definition) is 0. The molecule has 0 aliphatic carbocycles. The first-order valence-electron chi connectivity index (χ1n) is 11.5. The van der Waals surface area contributed by atoms with Crippen LogP contribution < -0.4 is 4.90 Å². The van der Waals surface area contributed by atoms with Crippen LogP contribution in [0.5, 0.6) is 0 Å². The molecule has 0 unspecified atom stereocenters. The molecule has 1 aromatic heterocycles. The highest BCUT2D eigenvalue weighted by Crippen LogP contribution is 2.40. The maximum Gasteiger partial charge on any atom is 0.324 e. The minimum Gasteiger partial charge on any atom is -0.324 e. The number of aryl methyl sites for hydroxylation is 1. The standard InChI is InChI=1S/C25H34N4O3S/c1-18-9-10-22-23(26-18)25(2,3)17-29(22)24(30)28-13-11-20(12-14-28)27(4)16-19-7-6-8-21(15-19)33(5,31)32/h6-10,15,20H,11-14,16-17H2,1-5H3. The number of carbonyl (C=O) groups is 1. The van der Waals surface area contributed by atoms with E-state index in [-0.39, 0.29) is 11.4 Å². The van der Waals surface area contributed by atoms with E-state index in [4.69, 9.17) is 4.98 Å². The number of urea groups is 1. The van der Waals surface area contributed by atoms with Crippen LogP contribution in [0.15, 0.2) is 41.3 Å². The van der Waals surface area contributed by atoms with Crippen molar-refractivity contribution in [3.63, 3.8) is 0 Å². The van der Waals surface area contributed by atoms with Gasteiger partial charge in [-0.15, -0.1) is 0 Å². The molecule has 0 spiro atoms. The Hall–Kier alpha value is -2.45. The topological polar surface area (TPSA) is 73.8 Å². The van der Waals surface area contributed by atoms with Gasteiger partial charge < -0.3 is 4.90 Å². The predicted octanol–water partition coefficient (Wildman–Crippen LogP) is 3.61. The van der Waals surface area contributed by atoms with Crippen LogP contribution in [0.1, 0.15) is 43.6 Å². The smallest absolute Gasteiger partial charge is 0.324 e. The first-order valence-corrected chi connectivity index (χ1v) is 13.4. The molecular formula is C25H34N4O3S. The Morgan fingerprint density at radius 3 is 2.55 bits per heavy atom. The van der Waals surface area contributed by atoms with Gasteiger partial charge >= 0.3 is 6.03 Å². The Kier molecular flexibility index (Phi) is 6.26. The molecule has 0 atom stereocenters. The van der Waals surface area contributed by atoms with Crippen LogP contribution in [-0.2, 0) is 21.8 Å². The number of hydrogen-bond acceptors (Lipinski definition) is 5. The zero-order chi connectivity index (χ0) is 24.0. The monoisotopic (exact) mass is 470 g/mol. The Bertz CT molecular complexity index is 1150. The van der Waals surface area contributed by atoms with Gasteiger partial charge in [0.2, 0.25) is 0 Å². The second kappa shape index (κ2) is 8.72. The van der Waals surface area contributed by atoms with Gasteiger partial charge in [-0.1, -0.05) is 26.0 Å². The summed E-state index contributed by atoms with van der Waals surface area (Å²) < 4.78 is 23.7. The van der Waals surface area contributed by atoms with Gasteiger partial charge in [-0.25, -0.2) is 13.2 Å². The Labute approximate surface area is 197 Å². The molecule has 1 saturated heterocycles. The first kappa shape index (κ1) is 23.7. The summed E-state index contributed by atoms with van der Waals surface area (Å²) >= 11 is 0. The van der Waals surface area contributed by atoms with Crippen molar-refractivity contribution in [2.24, 2.45) is 0 Å². The molecule has 1 aromatic carbocycles. The second-order valence-electron chi connectivity index (χ2n) is 10.1. The normalized spacial score (nSPS) is 18.6. The fraction of sp³-hybridized carbons (Fsp3) is 0.520. The van der Waals surface area contributed by atoms with Gasteiger partial charge in [0, 0.05) is 49.6 Å². The minimum absolute atomic E-state index is 0.0643. The number of aromatic nitrogens is 1. The summed E-state index contributed by atoms with van der Waals surface area (Å²) in [6, 6.07) is 11.6. The van der Waals surface area contributed by atoms with Gasteiger partial charge in [0.1, 0.15) is 0 Å². The highest BCUT2D eigenvalue weighted by atomic mass is 32.2. The summed E-state index contributed by atoms with van der Waals surface area (Å²) in [7, 11) is -1.14. The molecule has 2 aromatic rings. The van der Waals surface area contributed by atoms with Crippen molar-refractivity contribution in [3.05, 3.63) is 53.3 Å². The molecule has 0 N–H and O–H groups in total. The number of sulfone groups is 1. The SMILES string of the molecule is Cc1ccc2c(n1)C(C)(C)CN2C(=O)N1CCC(N(C)Cc2cccc(S(C)(=O)=O)c2)CC1. The molecule has 33 heavy (non-hydrogen) atoms. The van der Waals surface area contributed by atoms with Gasteiger partial charge in [-0.2, -0.15) is 0 Å². The Balaban J connectivity index is 1.38. The maximum atomic E-state index is 13.4. The number of fused-ring (bicyclic) bond motifs is 1. The zero-order valence-corrected chi connectivity index (χ0v) is 21.0. The van der Waals surface area contributed by atoms with Crippen LogP contribution in [0.3, 0.4) is 0 Å². The molecule has 0 saturated carbocycles. The number of nitrogens with zero attached hydrogens (tertiary/aromatic N) is 4. The zero-order valence-electron chi connectivity index (χ0n) is 20.2. The van der Waals surface area contributed by atoms with Crippen molar-refractivity contribution >= 4 is 21.6 Å². The van der Waals surface area contributed by atoms with Gasteiger partial charge in [-0.3, -0.25) is 14.8 Å². The highest BCUT2D eigenvalue weighted by molar-refractivity contribution is 7.90. The molecule has 0 radical (unpaired) electrons. The van der Waals surface area contributed by atoms with E-state index in [1.54, 1.807) is 18.2 Å². The van der Waals surface area contributed by atoms with Crippen molar-refractivity contribution in [2.45, 2.75) is 56.5 Å². The lowest BCUT2D eigenvalue weighted by atomic mass is 9.91. The number of anilines is 1. The van der Waals surface area contributed by atoms with Crippen molar-refractivity contribution in [3.8, 4) is 0 Å². The fourth-order valence-corrected chi connectivity index (χ4v) is 5.64. The number of carbonyl (C=O) groups excluding carboxylic acids is 1. The van der Waals surface area contributed by atoms with E-state index in [9.17, 15) is 13.2 Å². The Morgan fingerprint density at radius 1 is 1.18 bits per heavy atom. The van der Waals surface area contributed by atoms with Crippen LogP contribution in [0.2, 0.25) is 0 Å². The van der Waals surface area contributed by atoms with Gasteiger partial charge in [0.15, 0.2) is 9.84 Å². The average molecular weight is 471 g/mol. The third-order valence-electron chi connectivity index (χ3n) is 6.85. The molecule has 2 aliphatic heterocycles. The summed E-state index contributed by atoms with van der Waals surface area (Å²) in [5, 5.41) is 0. The van der Waals surface area contributed by atoms with E-state index < -0.39 is 9.84 Å². The molecular weight excluding hydrogens is 436 g/mol. The molecule has 7 nitrogen and oxygen atoms in total. The number of piperidine rings is 1. The molecule has 2 amide bonds. The quantitative estimate of drug-likeness (QED) is 0.683. The lowest BCUT2D eigenvalue weighted by Crippen LogP contribution is -2.50. The molecule has 4 rings (SSSR count). The lowest BCUT2D eigenvalue weighted by Gasteiger charge is -2.38. The largest absolute Gasteiger partial charge is 0.324 e. The molecule has 1 fully saturated rings. The number of benzene rings is 1. The van der Waals surface area contributed by atoms with Gasteiger partial charge in [0.25, 0.3) is 0 Å². The van der Waals surface area contributed by atoms with Crippen molar-refractivity contribution < 1.29 is 13.2 Å². The van der Waals surface area contributed by atoms with Crippen LogP contribution in [-0.4, -0.2) is 68.2 Å². The fourth-order valence-electron chi connectivity index (χ4n) is 4.95. The average Bonchev–Trinajstić information content (AvgIpc) is 3.03. The molecule has 3 heterocycles. The van der Waals surface area contributed by atoms with Gasteiger partial charge in [-0.05, 0) is 56.6 Å². The van der Waals surface area contributed by atoms with E-state index in [2.05, 4.69) is 25.8 Å². The minimum atomic E-state index is -3.21. The van der Waals surface area contributed by atoms with E-state index in [1.165, 1.54) is 6.26 Å². The molecule has 178 valence electrons. The van der Waals surface area contributed by atoms with E-state index in [1.807, 2.05) is 34.9 Å². The molecule has 8 heteroatoms. The summed E-state index contributed by atoms with van der Waals surface area (Å²) in [6.07, 6.45) is 3.02. The van der Waals surface area contributed by atoms with Crippen molar-refractivity contribution in [1.29, 1.82) is 0 Å². The molecule has 0 bridgehead atoms. The highest BCUT2D eigenvalue weighted by Gasteiger charge is 2.41. The van der Waals surface area contributed by atoms with Crippen LogP contribution in [0.4, 0.5) is 10.5 Å². The number of likely N-dealkylation sites (tertiary alicyclic amines) is 1. The van der Waals surface area contributed by atoms with Crippen molar-refractivity contribution in [1.82, 2.24) is 14.8 Å².